The van der Waals surface area contributed by atoms with E-state index in [0.717, 1.165) is 15.6 Å². The molecular formula is C18H20BrNO3. The minimum absolute atomic E-state index is 0.0162. The zero-order valence-corrected chi connectivity index (χ0v) is 14.9. The van der Waals surface area contributed by atoms with Gasteiger partial charge in [0.25, 0.3) is 0 Å². The van der Waals surface area contributed by atoms with Crippen molar-refractivity contribution in [1.82, 2.24) is 5.32 Å². The molecule has 0 fully saturated rings. The Labute approximate surface area is 144 Å². The van der Waals surface area contributed by atoms with Crippen molar-refractivity contribution >= 4 is 21.8 Å². The Bertz CT molecular complexity index is 651. The number of nitrogens with one attached hydrogen (secondary N) is 1. The van der Waals surface area contributed by atoms with E-state index >= 15 is 0 Å². The zero-order chi connectivity index (χ0) is 16.7. The number of aryl methyl sites for hydroxylation is 1. The van der Waals surface area contributed by atoms with E-state index in [1.807, 2.05) is 36.4 Å². The Kier molecular flexibility index (Phi) is 6.47. The highest BCUT2D eigenvalue weighted by Crippen LogP contribution is 2.22. The Balaban J connectivity index is 1.88. The molecule has 5 heteroatoms. The molecule has 4 nitrogen and oxygen atoms in total. The molecule has 0 radical (unpaired) electrons. The number of methoxy groups -OCH3 is 2. The van der Waals surface area contributed by atoms with Crippen LogP contribution in [0.2, 0.25) is 0 Å². The van der Waals surface area contributed by atoms with Crippen LogP contribution in [0.25, 0.3) is 0 Å². The summed E-state index contributed by atoms with van der Waals surface area (Å²) in [5.74, 6) is 1.44. The summed E-state index contributed by atoms with van der Waals surface area (Å²) in [5, 5.41) is 2.93. The van der Waals surface area contributed by atoms with E-state index in [2.05, 4.69) is 21.2 Å². The van der Waals surface area contributed by atoms with Gasteiger partial charge in [-0.25, -0.2) is 0 Å². The highest BCUT2D eigenvalue weighted by Gasteiger charge is 2.06. The summed E-state index contributed by atoms with van der Waals surface area (Å²) < 4.78 is 11.5. The molecule has 0 aliphatic carbocycles. The summed E-state index contributed by atoms with van der Waals surface area (Å²) in [6, 6.07) is 13.5. The second-order valence-corrected chi connectivity index (χ2v) is 5.94. The molecule has 1 amide bonds. The molecule has 0 saturated heterocycles. The Morgan fingerprint density at radius 3 is 2.35 bits per heavy atom. The smallest absolute Gasteiger partial charge is 0.220 e. The maximum atomic E-state index is 12.0. The number of ether oxygens (including phenoxy) is 2. The van der Waals surface area contributed by atoms with Crippen LogP contribution in [0, 0.1) is 0 Å². The minimum Gasteiger partial charge on any atom is -0.497 e. The SMILES string of the molecule is COc1cc(CNC(=O)CCc2ccccc2Br)cc(OC)c1. The molecule has 122 valence electrons. The van der Waals surface area contributed by atoms with Gasteiger partial charge >= 0.3 is 0 Å². The van der Waals surface area contributed by atoms with Gasteiger partial charge in [-0.3, -0.25) is 4.79 Å². The fraction of sp³-hybridized carbons (Fsp3) is 0.278. The van der Waals surface area contributed by atoms with E-state index in [9.17, 15) is 4.79 Å². The van der Waals surface area contributed by atoms with Gasteiger partial charge in [0.1, 0.15) is 11.5 Å². The van der Waals surface area contributed by atoms with Crippen LogP contribution in [0.1, 0.15) is 17.5 Å². The van der Waals surface area contributed by atoms with Crippen molar-refractivity contribution in [2.45, 2.75) is 19.4 Å². The molecule has 2 aromatic carbocycles. The highest BCUT2D eigenvalue weighted by atomic mass is 79.9. The molecule has 23 heavy (non-hydrogen) atoms. The molecule has 0 bridgehead atoms. The molecule has 0 aliphatic rings. The van der Waals surface area contributed by atoms with Crippen molar-refractivity contribution in [3.8, 4) is 11.5 Å². The van der Waals surface area contributed by atoms with Crippen molar-refractivity contribution in [2.24, 2.45) is 0 Å². The average Bonchev–Trinajstić information content (AvgIpc) is 2.58. The van der Waals surface area contributed by atoms with Gasteiger partial charge in [-0.1, -0.05) is 34.1 Å². The van der Waals surface area contributed by atoms with E-state index in [1.54, 1.807) is 20.3 Å². The monoisotopic (exact) mass is 377 g/mol. The third-order valence-electron chi connectivity index (χ3n) is 3.48. The Hall–Kier alpha value is -2.01. The summed E-state index contributed by atoms with van der Waals surface area (Å²) >= 11 is 3.49. The molecule has 0 unspecified atom stereocenters. The third-order valence-corrected chi connectivity index (χ3v) is 4.25. The van der Waals surface area contributed by atoms with Gasteiger partial charge in [-0.2, -0.15) is 0 Å². The van der Waals surface area contributed by atoms with Crippen LogP contribution in [0.5, 0.6) is 11.5 Å². The van der Waals surface area contributed by atoms with E-state index in [1.165, 1.54) is 0 Å². The predicted octanol–water partition coefficient (Wildman–Crippen LogP) is 3.72. The quantitative estimate of drug-likeness (QED) is 0.799. The first-order chi connectivity index (χ1) is 11.1. The van der Waals surface area contributed by atoms with Gasteiger partial charge in [-0.15, -0.1) is 0 Å². The summed E-state index contributed by atoms with van der Waals surface area (Å²) in [6.07, 6.45) is 1.15. The number of benzene rings is 2. The van der Waals surface area contributed by atoms with E-state index < -0.39 is 0 Å². The van der Waals surface area contributed by atoms with Crippen molar-refractivity contribution < 1.29 is 14.3 Å². The molecule has 0 heterocycles. The van der Waals surface area contributed by atoms with Crippen LogP contribution in [0.4, 0.5) is 0 Å². The first kappa shape index (κ1) is 17.3. The fourth-order valence-electron chi connectivity index (χ4n) is 2.21. The summed E-state index contributed by atoms with van der Waals surface area (Å²) in [7, 11) is 3.21. The van der Waals surface area contributed by atoms with Gasteiger partial charge in [0.05, 0.1) is 14.2 Å². The Morgan fingerprint density at radius 1 is 1.09 bits per heavy atom. The average molecular weight is 378 g/mol. The fourth-order valence-corrected chi connectivity index (χ4v) is 2.69. The topological polar surface area (TPSA) is 47.6 Å². The predicted molar refractivity (Wildman–Crippen MR) is 93.9 cm³/mol. The maximum Gasteiger partial charge on any atom is 0.220 e. The van der Waals surface area contributed by atoms with Crippen molar-refractivity contribution in [1.29, 1.82) is 0 Å². The lowest BCUT2D eigenvalue weighted by Crippen LogP contribution is -2.23. The van der Waals surface area contributed by atoms with Gasteiger partial charge in [0, 0.05) is 23.5 Å². The standard InChI is InChI=1S/C18H20BrNO3/c1-22-15-9-13(10-16(11-15)23-2)12-20-18(21)8-7-14-5-3-4-6-17(14)19/h3-6,9-11H,7-8,12H2,1-2H3,(H,20,21). The molecule has 0 aromatic heterocycles. The molecule has 0 aliphatic heterocycles. The normalized spacial score (nSPS) is 10.2. The first-order valence-corrected chi connectivity index (χ1v) is 8.13. The second kappa shape index (κ2) is 8.58. The van der Waals surface area contributed by atoms with E-state index in [4.69, 9.17) is 9.47 Å². The number of halogens is 1. The number of carbonyl (C=O) groups excluding carboxylic acids is 1. The molecule has 2 rings (SSSR count). The molecule has 0 atom stereocenters. The van der Waals surface area contributed by atoms with Crippen molar-refractivity contribution in [2.75, 3.05) is 14.2 Å². The van der Waals surface area contributed by atoms with Gasteiger partial charge in [0.15, 0.2) is 0 Å². The van der Waals surface area contributed by atoms with Crippen LogP contribution in [-0.2, 0) is 17.8 Å². The summed E-state index contributed by atoms with van der Waals surface area (Å²) in [5.41, 5.74) is 2.07. The number of hydrogen-bond acceptors (Lipinski definition) is 3. The van der Waals surface area contributed by atoms with Gasteiger partial charge in [0.2, 0.25) is 5.91 Å². The lowest BCUT2D eigenvalue weighted by Gasteiger charge is -2.10. The number of carbonyl (C=O) groups is 1. The molecule has 0 spiro atoms. The number of amides is 1. The summed E-state index contributed by atoms with van der Waals surface area (Å²) in [4.78, 5) is 12.0. The van der Waals surface area contributed by atoms with Crippen molar-refractivity contribution in [3.05, 3.63) is 58.1 Å². The van der Waals surface area contributed by atoms with Crippen LogP contribution in [-0.4, -0.2) is 20.1 Å². The van der Waals surface area contributed by atoms with E-state index in [-0.39, 0.29) is 5.91 Å². The van der Waals surface area contributed by atoms with Crippen molar-refractivity contribution in [3.63, 3.8) is 0 Å². The molecule has 2 aromatic rings. The van der Waals surface area contributed by atoms with Crippen LogP contribution in [0.15, 0.2) is 46.9 Å². The van der Waals surface area contributed by atoms with Gasteiger partial charge < -0.3 is 14.8 Å². The number of hydrogen-bond donors (Lipinski definition) is 1. The number of rotatable bonds is 7. The van der Waals surface area contributed by atoms with Crippen LogP contribution < -0.4 is 14.8 Å². The third kappa shape index (κ3) is 5.28. The largest absolute Gasteiger partial charge is 0.497 e. The molecule has 0 saturated carbocycles. The Morgan fingerprint density at radius 2 is 1.74 bits per heavy atom. The minimum atomic E-state index is 0.0162. The first-order valence-electron chi connectivity index (χ1n) is 7.34. The van der Waals surface area contributed by atoms with Crippen LogP contribution >= 0.6 is 15.9 Å². The van der Waals surface area contributed by atoms with Gasteiger partial charge in [-0.05, 0) is 35.7 Å². The zero-order valence-electron chi connectivity index (χ0n) is 13.3. The lowest BCUT2D eigenvalue weighted by molar-refractivity contribution is -0.121. The second-order valence-electron chi connectivity index (χ2n) is 5.09. The molecule has 1 N–H and O–H groups in total. The lowest BCUT2D eigenvalue weighted by atomic mass is 10.1. The summed E-state index contributed by atoms with van der Waals surface area (Å²) in [6.45, 7) is 0.447. The van der Waals surface area contributed by atoms with E-state index in [0.29, 0.717) is 30.9 Å². The maximum absolute atomic E-state index is 12.0. The van der Waals surface area contributed by atoms with Crippen LogP contribution in [0.3, 0.4) is 0 Å². The highest BCUT2D eigenvalue weighted by molar-refractivity contribution is 9.10. The molecular weight excluding hydrogens is 358 g/mol.